The molecule has 1 aromatic carbocycles. The lowest BCUT2D eigenvalue weighted by Crippen LogP contribution is -2.37. The standard InChI is InChI=1S/C14H13ClN6/c1-19-6-7-20(11-5-3-2-4-10(11)19)13-8-12(15)18-14-16-9-17-21(13)14/h2-5,8-9H,6-7H2,1H3. The van der Waals surface area contributed by atoms with E-state index in [0.29, 0.717) is 10.9 Å². The Hall–Kier alpha value is -2.34. The Morgan fingerprint density at radius 3 is 2.81 bits per heavy atom. The Morgan fingerprint density at radius 2 is 1.95 bits per heavy atom. The zero-order chi connectivity index (χ0) is 14.4. The van der Waals surface area contributed by atoms with Gasteiger partial charge in [-0.2, -0.15) is 19.6 Å². The van der Waals surface area contributed by atoms with Crippen LogP contribution in [-0.4, -0.2) is 39.7 Å². The third-order valence-corrected chi connectivity index (χ3v) is 3.91. The molecule has 0 fully saturated rings. The second kappa shape index (κ2) is 4.60. The van der Waals surface area contributed by atoms with Crippen molar-refractivity contribution in [1.29, 1.82) is 0 Å². The van der Waals surface area contributed by atoms with E-state index in [-0.39, 0.29) is 0 Å². The molecule has 1 aliphatic heterocycles. The van der Waals surface area contributed by atoms with Crippen molar-refractivity contribution in [2.75, 3.05) is 29.9 Å². The van der Waals surface area contributed by atoms with E-state index in [1.54, 1.807) is 4.52 Å². The number of aromatic nitrogens is 4. The summed E-state index contributed by atoms with van der Waals surface area (Å²) >= 11 is 6.13. The number of hydrogen-bond acceptors (Lipinski definition) is 5. The number of para-hydroxylation sites is 2. The second-order valence-corrected chi connectivity index (χ2v) is 5.36. The van der Waals surface area contributed by atoms with Crippen LogP contribution >= 0.6 is 11.6 Å². The predicted molar refractivity (Wildman–Crippen MR) is 82.5 cm³/mol. The maximum absolute atomic E-state index is 6.13. The van der Waals surface area contributed by atoms with Gasteiger partial charge in [0, 0.05) is 26.2 Å². The van der Waals surface area contributed by atoms with Crippen LogP contribution < -0.4 is 9.80 Å². The van der Waals surface area contributed by atoms with Gasteiger partial charge in [-0.25, -0.2) is 0 Å². The van der Waals surface area contributed by atoms with E-state index in [2.05, 4.69) is 44.0 Å². The first-order chi connectivity index (χ1) is 10.2. The molecule has 0 saturated carbocycles. The van der Waals surface area contributed by atoms with Crippen LogP contribution in [0.5, 0.6) is 0 Å². The van der Waals surface area contributed by atoms with Crippen molar-refractivity contribution < 1.29 is 0 Å². The molecule has 0 radical (unpaired) electrons. The molecule has 3 heterocycles. The van der Waals surface area contributed by atoms with Gasteiger partial charge in [-0.15, -0.1) is 0 Å². The molecule has 0 N–H and O–H groups in total. The summed E-state index contributed by atoms with van der Waals surface area (Å²) in [5, 5.41) is 4.67. The van der Waals surface area contributed by atoms with E-state index < -0.39 is 0 Å². The Morgan fingerprint density at radius 1 is 1.14 bits per heavy atom. The van der Waals surface area contributed by atoms with Gasteiger partial charge in [-0.1, -0.05) is 23.7 Å². The van der Waals surface area contributed by atoms with Gasteiger partial charge in [0.25, 0.3) is 5.78 Å². The van der Waals surface area contributed by atoms with Crippen LogP contribution in [0.2, 0.25) is 5.15 Å². The molecular weight excluding hydrogens is 288 g/mol. The molecule has 7 heteroatoms. The Bertz CT molecular complexity index is 814. The second-order valence-electron chi connectivity index (χ2n) is 4.97. The summed E-state index contributed by atoms with van der Waals surface area (Å²) in [6.07, 6.45) is 1.49. The highest BCUT2D eigenvalue weighted by atomic mass is 35.5. The lowest BCUT2D eigenvalue weighted by Gasteiger charge is -2.36. The molecule has 4 rings (SSSR count). The summed E-state index contributed by atoms with van der Waals surface area (Å²) < 4.78 is 1.72. The minimum atomic E-state index is 0.418. The van der Waals surface area contributed by atoms with E-state index in [4.69, 9.17) is 11.6 Å². The van der Waals surface area contributed by atoms with Crippen molar-refractivity contribution in [2.24, 2.45) is 0 Å². The van der Waals surface area contributed by atoms with E-state index in [1.807, 2.05) is 18.2 Å². The van der Waals surface area contributed by atoms with E-state index in [9.17, 15) is 0 Å². The molecule has 1 aliphatic rings. The molecule has 106 valence electrons. The molecule has 0 aliphatic carbocycles. The molecule has 0 amide bonds. The van der Waals surface area contributed by atoms with Gasteiger partial charge in [0.2, 0.25) is 0 Å². The van der Waals surface area contributed by atoms with E-state index in [1.165, 1.54) is 12.0 Å². The molecule has 2 aromatic heterocycles. The van der Waals surface area contributed by atoms with Crippen LogP contribution in [0.15, 0.2) is 36.7 Å². The van der Waals surface area contributed by atoms with Crippen LogP contribution in [0, 0.1) is 0 Å². The molecule has 0 bridgehead atoms. The maximum Gasteiger partial charge on any atom is 0.255 e. The zero-order valence-corrected chi connectivity index (χ0v) is 12.2. The molecular formula is C14H13ClN6. The monoisotopic (exact) mass is 300 g/mol. The number of nitrogens with zero attached hydrogens (tertiary/aromatic N) is 6. The summed E-state index contributed by atoms with van der Waals surface area (Å²) in [5.41, 5.74) is 2.32. The van der Waals surface area contributed by atoms with Crippen LogP contribution in [0.4, 0.5) is 17.2 Å². The van der Waals surface area contributed by atoms with E-state index >= 15 is 0 Å². The van der Waals surface area contributed by atoms with Crippen molar-refractivity contribution in [3.63, 3.8) is 0 Å². The van der Waals surface area contributed by atoms with Gasteiger partial charge in [0.05, 0.1) is 11.4 Å². The number of fused-ring (bicyclic) bond motifs is 2. The van der Waals surface area contributed by atoms with Crippen molar-refractivity contribution in [3.05, 3.63) is 41.8 Å². The minimum absolute atomic E-state index is 0.418. The quantitative estimate of drug-likeness (QED) is 0.646. The fraction of sp³-hybridized carbons (Fsp3) is 0.214. The number of halogens is 1. The fourth-order valence-electron chi connectivity index (χ4n) is 2.71. The summed E-state index contributed by atoms with van der Waals surface area (Å²) in [5.74, 6) is 1.39. The highest BCUT2D eigenvalue weighted by Gasteiger charge is 2.23. The number of rotatable bonds is 1. The van der Waals surface area contributed by atoms with Crippen LogP contribution in [0.1, 0.15) is 0 Å². The molecule has 6 nitrogen and oxygen atoms in total. The first kappa shape index (κ1) is 12.4. The molecule has 0 atom stereocenters. The smallest absolute Gasteiger partial charge is 0.255 e. The number of anilines is 3. The van der Waals surface area contributed by atoms with Gasteiger partial charge < -0.3 is 9.80 Å². The normalized spacial score (nSPS) is 14.6. The van der Waals surface area contributed by atoms with E-state index in [0.717, 1.165) is 24.6 Å². The Kier molecular flexibility index (Phi) is 2.71. The SMILES string of the molecule is CN1CCN(c2cc(Cl)nc3ncnn23)c2ccccc21. The summed E-state index contributed by atoms with van der Waals surface area (Å²) in [7, 11) is 2.10. The third-order valence-electron chi connectivity index (χ3n) is 3.72. The van der Waals surface area contributed by atoms with Crippen molar-refractivity contribution in [3.8, 4) is 0 Å². The zero-order valence-electron chi connectivity index (χ0n) is 11.4. The van der Waals surface area contributed by atoms with Gasteiger partial charge in [0.1, 0.15) is 17.3 Å². The van der Waals surface area contributed by atoms with Gasteiger partial charge >= 0.3 is 0 Å². The molecule has 3 aromatic rings. The first-order valence-electron chi connectivity index (χ1n) is 6.68. The van der Waals surface area contributed by atoms with Crippen LogP contribution in [-0.2, 0) is 0 Å². The average Bonchev–Trinajstić information content (AvgIpc) is 2.95. The summed E-state index contributed by atoms with van der Waals surface area (Å²) in [6, 6.07) is 10.1. The lowest BCUT2D eigenvalue weighted by atomic mass is 10.2. The highest BCUT2D eigenvalue weighted by molar-refractivity contribution is 6.29. The van der Waals surface area contributed by atoms with Gasteiger partial charge in [0.15, 0.2) is 0 Å². The predicted octanol–water partition coefficient (Wildman–Crippen LogP) is 2.37. The topological polar surface area (TPSA) is 49.6 Å². The van der Waals surface area contributed by atoms with Crippen molar-refractivity contribution >= 4 is 34.6 Å². The minimum Gasteiger partial charge on any atom is -0.371 e. The third kappa shape index (κ3) is 1.91. The Labute approximate surface area is 126 Å². The van der Waals surface area contributed by atoms with Crippen LogP contribution in [0.25, 0.3) is 5.78 Å². The molecule has 21 heavy (non-hydrogen) atoms. The van der Waals surface area contributed by atoms with Crippen molar-refractivity contribution in [2.45, 2.75) is 0 Å². The average molecular weight is 301 g/mol. The number of likely N-dealkylation sites (N-methyl/N-ethyl adjacent to an activating group) is 1. The van der Waals surface area contributed by atoms with Gasteiger partial charge in [-0.3, -0.25) is 0 Å². The number of hydrogen-bond donors (Lipinski definition) is 0. The number of benzene rings is 1. The summed E-state index contributed by atoms with van der Waals surface area (Å²) in [6.45, 7) is 1.77. The molecule has 0 unspecified atom stereocenters. The highest BCUT2D eigenvalue weighted by Crippen LogP contribution is 2.37. The largest absolute Gasteiger partial charge is 0.371 e. The first-order valence-corrected chi connectivity index (χ1v) is 7.06. The maximum atomic E-state index is 6.13. The van der Waals surface area contributed by atoms with Crippen LogP contribution in [0.3, 0.4) is 0 Å². The summed E-state index contributed by atoms with van der Waals surface area (Å²) in [4.78, 5) is 12.7. The molecule has 0 saturated heterocycles. The lowest BCUT2D eigenvalue weighted by molar-refractivity contribution is 0.790. The van der Waals surface area contributed by atoms with Crippen molar-refractivity contribution in [1.82, 2.24) is 19.6 Å². The Balaban J connectivity index is 1.94. The fourth-order valence-corrected chi connectivity index (χ4v) is 2.88. The van der Waals surface area contributed by atoms with Gasteiger partial charge in [-0.05, 0) is 12.1 Å². The molecule has 0 spiro atoms.